The zero-order valence-corrected chi connectivity index (χ0v) is 24.4. The van der Waals surface area contributed by atoms with Gasteiger partial charge in [0.25, 0.3) is 0 Å². The van der Waals surface area contributed by atoms with Crippen LogP contribution in [0.3, 0.4) is 0 Å². The zero-order valence-electron chi connectivity index (χ0n) is 24.4. The number of benzene rings is 3. The van der Waals surface area contributed by atoms with Gasteiger partial charge in [-0.25, -0.2) is 0 Å². The number of rotatable bonds is 9. The highest BCUT2D eigenvalue weighted by molar-refractivity contribution is 6.04. The average molecular weight is 570 g/mol. The van der Waals surface area contributed by atoms with Crippen LogP contribution in [-0.2, 0) is 25.7 Å². The van der Waals surface area contributed by atoms with E-state index in [2.05, 4.69) is 10.6 Å². The van der Waals surface area contributed by atoms with Crippen molar-refractivity contribution < 1.29 is 24.2 Å². The molecule has 42 heavy (non-hydrogen) atoms. The SMILES string of the molecule is CC[C@]12CCC3(O1)C(C(=O)Nc1ccc4ccccc4c1)N([C@@H](CO)C(C)C)C(=O)[C@@H]3[C@H]2C(=O)NCc1ccccc1. The van der Waals surface area contributed by atoms with Crippen LogP contribution in [0.4, 0.5) is 5.69 Å². The van der Waals surface area contributed by atoms with Crippen molar-refractivity contribution >= 4 is 34.2 Å². The standard InChI is InChI=1S/C34H39N3O5/c1-4-33-16-17-34(42-33)28(27(33)30(39)35-19-22-10-6-5-7-11-22)32(41)37(26(20-38)21(2)3)29(34)31(40)36-25-15-14-23-12-8-9-13-24(23)18-25/h5-15,18,21,26-29,38H,4,16-17,19-20H2,1-3H3,(H,35,39)(H,36,40)/t26-,27-,28-,29?,33+,34?/m0/s1. The summed E-state index contributed by atoms with van der Waals surface area (Å²) in [5.74, 6) is -2.56. The van der Waals surface area contributed by atoms with Crippen LogP contribution in [0.5, 0.6) is 0 Å². The number of ether oxygens (including phenoxy) is 1. The number of amides is 3. The molecule has 3 aromatic carbocycles. The Morgan fingerprint density at radius 1 is 1.00 bits per heavy atom. The number of hydrogen-bond donors (Lipinski definition) is 3. The summed E-state index contributed by atoms with van der Waals surface area (Å²) >= 11 is 0. The quantitative estimate of drug-likeness (QED) is 0.357. The Balaban J connectivity index is 1.37. The first kappa shape index (κ1) is 28.4. The van der Waals surface area contributed by atoms with E-state index in [0.29, 0.717) is 31.5 Å². The number of fused-ring (bicyclic) bond motifs is 2. The second-order valence-electron chi connectivity index (χ2n) is 12.3. The van der Waals surface area contributed by atoms with E-state index in [-0.39, 0.29) is 30.2 Å². The van der Waals surface area contributed by atoms with E-state index < -0.39 is 35.1 Å². The molecule has 8 heteroatoms. The molecule has 1 spiro atoms. The molecule has 3 amide bonds. The maximum absolute atomic E-state index is 14.4. The molecule has 0 radical (unpaired) electrons. The predicted octanol–water partition coefficient (Wildman–Crippen LogP) is 4.27. The Morgan fingerprint density at radius 3 is 2.40 bits per heavy atom. The molecule has 6 atom stereocenters. The van der Waals surface area contributed by atoms with Crippen molar-refractivity contribution in [3.8, 4) is 0 Å². The Hall–Kier alpha value is -3.75. The molecule has 3 aliphatic heterocycles. The fraction of sp³-hybridized carbons (Fsp3) is 0.441. The van der Waals surface area contributed by atoms with Crippen molar-refractivity contribution in [1.29, 1.82) is 0 Å². The van der Waals surface area contributed by atoms with E-state index in [4.69, 9.17) is 4.74 Å². The molecule has 3 fully saturated rings. The van der Waals surface area contributed by atoms with Gasteiger partial charge in [0, 0.05) is 12.2 Å². The minimum Gasteiger partial charge on any atom is -0.394 e. The van der Waals surface area contributed by atoms with Gasteiger partial charge in [-0.15, -0.1) is 0 Å². The maximum Gasteiger partial charge on any atom is 0.250 e. The minimum absolute atomic E-state index is 0.118. The van der Waals surface area contributed by atoms with E-state index >= 15 is 0 Å². The molecular weight excluding hydrogens is 530 g/mol. The van der Waals surface area contributed by atoms with Crippen LogP contribution in [-0.4, -0.2) is 57.6 Å². The summed E-state index contributed by atoms with van der Waals surface area (Å²) in [6.07, 6.45) is 1.62. The second-order valence-corrected chi connectivity index (χ2v) is 12.3. The molecule has 0 aliphatic carbocycles. The number of hydrogen-bond acceptors (Lipinski definition) is 5. The Kier molecular flexibility index (Phi) is 7.31. The van der Waals surface area contributed by atoms with Gasteiger partial charge in [0.05, 0.1) is 30.1 Å². The molecule has 220 valence electrons. The average Bonchev–Trinajstić information content (AvgIpc) is 3.60. The van der Waals surface area contributed by atoms with Gasteiger partial charge in [0.1, 0.15) is 11.6 Å². The van der Waals surface area contributed by atoms with Crippen LogP contribution >= 0.6 is 0 Å². The van der Waals surface area contributed by atoms with Gasteiger partial charge in [-0.3, -0.25) is 14.4 Å². The normalized spacial score (nSPS) is 28.7. The Bertz CT molecular complexity index is 1510. The van der Waals surface area contributed by atoms with Crippen LogP contribution in [0.1, 0.15) is 45.6 Å². The van der Waals surface area contributed by atoms with Crippen LogP contribution in [0.2, 0.25) is 0 Å². The number of nitrogens with one attached hydrogen (secondary N) is 2. The molecule has 3 heterocycles. The third-order valence-electron chi connectivity index (χ3n) is 9.79. The number of carbonyl (C=O) groups is 3. The lowest BCUT2D eigenvalue weighted by atomic mass is 9.65. The number of aliphatic hydroxyl groups is 1. The third kappa shape index (κ3) is 4.39. The molecule has 0 saturated carbocycles. The number of aliphatic hydroxyl groups excluding tert-OH is 1. The van der Waals surface area contributed by atoms with Gasteiger partial charge in [-0.05, 0) is 53.6 Å². The first-order chi connectivity index (χ1) is 20.2. The van der Waals surface area contributed by atoms with Crippen molar-refractivity contribution in [2.45, 2.75) is 69.9 Å². The number of likely N-dealkylation sites (tertiary alicyclic amines) is 1. The molecule has 2 unspecified atom stereocenters. The summed E-state index contributed by atoms with van der Waals surface area (Å²) in [5.41, 5.74) is -0.417. The van der Waals surface area contributed by atoms with Crippen molar-refractivity contribution in [3.63, 3.8) is 0 Å². The predicted molar refractivity (Wildman–Crippen MR) is 160 cm³/mol. The van der Waals surface area contributed by atoms with E-state index in [0.717, 1.165) is 16.3 Å². The number of carbonyl (C=O) groups excluding carboxylic acids is 3. The van der Waals surface area contributed by atoms with Crippen molar-refractivity contribution in [1.82, 2.24) is 10.2 Å². The van der Waals surface area contributed by atoms with Crippen LogP contribution < -0.4 is 10.6 Å². The molecule has 3 saturated heterocycles. The van der Waals surface area contributed by atoms with Gasteiger partial charge < -0.3 is 25.4 Å². The second kappa shape index (κ2) is 10.8. The zero-order chi connectivity index (χ0) is 29.6. The van der Waals surface area contributed by atoms with E-state index in [1.807, 2.05) is 93.6 Å². The lowest BCUT2D eigenvalue weighted by molar-refractivity contribution is -0.150. The maximum atomic E-state index is 14.4. The summed E-state index contributed by atoms with van der Waals surface area (Å²) in [4.78, 5) is 44.2. The van der Waals surface area contributed by atoms with Crippen molar-refractivity contribution in [2.24, 2.45) is 17.8 Å². The van der Waals surface area contributed by atoms with Crippen LogP contribution in [0.25, 0.3) is 10.8 Å². The number of nitrogens with zero attached hydrogens (tertiary/aromatic N) is 1. The number of anilines is 1. The first-order valence-corrected chi connectivity index (χ1v) is 15.0. The molecule has 8 nitrogen and oxygen atoms in total. The monoisotopic (exact) mass is 569 g/mol. The van der Waals surface area contributed by atoms with Gasteiger partial charge in [0.15, 0.2) is 0 Å². The van der Waals surface area contributed by atoms with E-state index in [9.17, 15) is 19.5 Å². The Labute approximate surface area is 246 Å². The third-order valence-corrected chi connectivity index (χ3v) is 9.79. The first-order valence-electron chi connectivity index (χ1n) is 15.0. The fourth-order valence-electron chi connectivity index (χ4n) is 7.70. The molecule has 6 rings (SSSR count). The highest BCUT2D eigenvalue weighted by atomic mass is 16.5. The highest BCUT2D eigenvalue weighted by Gasteiger charge is 2.79. The smallest absolute Gasteiger partial charge is 0.250 e. The van der Waals surface area contributed by atoms with Gasteiger partial charge >= 0.3 is 0 Å². The van der Waals surface area contributed by atoms with Gasteiger partial charge in [-0.2, -0.15) is 0 Å². The fourth-order valence-corrected chi connectivity index (χ4v) is 7.70. The van der Waals surface area contributed by atoms with Gasteiger partial charge in [0.2, 0.25) is 17.7 Å². The van der Waals surface area contributed by atoms with Crippen molar-refractivity contribution in [3.05, 3.63) is 78.4 Å². The molecule has 3 aliphatic rings. The minimum atomic E-state index is -1.16. The summed E-state index contributed by atoms with van der Waals surface area (Å²) in [5, 5.41) is 18.6. The van der Waals surface area contributed by atoms with E-state index in [1.54, 1.807) is 0 Å². The molecular formula is C34H39N3O5. The van der Waals surface area contributed by atoms with Crippen LogP contribution in [0.15, 0.2) is 72.8 Å². The molecule has 3 N–H and O–H groups in total. The summed E-state index contributed by atoms with van der Waals surface area (Å²) in [7, 11) is 0. The highest BCUT2D eigenvalue weighted by Crippen LogP contribution is 2.64. The summed E-state index contributed by atoms with van der Waals surface area (Å²) in [6, 6.07) is 21.7. The molecule has 2 bridgehead atoms. The topological polar surface area (TPSA) is 108 Å². The largest absolute Gasteiger partial charge is 0.394 e. The van der Waals surface area contributed by atoms with Crippen molar-refractivity contribution in [2.75, 3.05) is 11.9 Å². The summed E-state index contributed by atoms with van der Waals surface area (Å²) in [6.45, 7) is 5.87. The lowest BCUT2D eigenvalue weighted by Gasteiger charge is -2.38. The summed E-state index contributed by atoms with van der Waals surface area (Å²) < 4.78 is 6.86. The molecule has 0 aromatic heterocycles. The lowest BCUT2D eigenvalue weighted by Crippen LogP contribution is -2.57. The van der Waals surface area contributed by atoms with Crippen LogP contribution in [0, 0.1) is 17.8 Å². The molecule has 3 aromatic rings. The van der Waals surface area contributed by atoms with E-state index in [1.165, 1.54) is 4.90 Å². The Morgan fingerprint density at radius 2 is 1.71 bits per heavy atom. The van der Waals surface area contributed by atoms with Gasteiger partial charge in [-0.1, -0.05) is 81.4 Å².